The Morgan fingerprint density at radius 1 is 1.22 bits per heavy atom. The number of benzene rings is 1. The highest BCUT2D eigenvalue weighted by Crippen LogP contribution is 2.50. The molecule has 1 nitrogen and oxygen atoms in total. The molecule has 1 aliphatic rings. The van der Waals surface area contributed by atoms with Gasteiger partial charge in [0.15, 0.2) is 5.78 Å². The van der Waals surface area contributed by atoms with Gasteiger partial charge in [-0.3, -0.25) is 4.79 Å². The van der Waals surface area contributed by atoms with Gasteiger partial charge < -0.3 is 0 Å². The minimum absolute atomic E-state index is 0.122. The normalized spacial score (nSPS) is 27.7. The summed E-state index contributed by atoms with van der Waals surface area (Å²) in [6, 6.07) is 9.84. The van der Waals surface area contributed by atoms with Crippen LogP contribution in [0.15, 0.2) is 30.3 Å². The Kier molecular flexibility index (Phi) is 6.06. The van der Waals surface area contributed by atoms with E-state index in [1.165, 1.54) is 19.3 Å². The molecule has 1 heteroatoms. The molecule has 4 atom stereocenters. The second kappa shape index (κ2) is 7.64. The molecule has 0 N–H and O–H groups in total. The molecule has 0 aromatic heterocycles. The zero-order valence-corrected chi connectivity index (χ0v) is 15.6. The van der Waals surface area contributed by atoms with Crippen molar-refractivity contribution in [3.63, 3.8) is 0 Å². The summed E-state index contributed by atoms with van der Waals surface area (Å²) in [6.07, 6.45) is 5.75. The number of carbonyl (C=O) groups excluding carboxylic acids is 1. The van der Waals surface area contributed by atoms with Crippen LogP contribution in [0.5, 0.6) is 0 Å². The van der Waals surface area contributed by atoms with Crippen LogP contribution in [0.3, 0.4) is 0 Å². The molecular formula is C22H34O. The maximum absolute atomic E-state index is 12.8. The summed E-state index contributed by atoms with van der Waals surface area (Å²) >= 11 is 0. The number of hydrogen-bond donors (Lipinski definition) is 0. The first kappa shape index (κ1) is 18.2. The molecule has 1 aliphatic carbocycles. The van der Waals surface area contributed by atoms with E-state index < -0.39 is 0 Å². The monoisotopic (exact) mass is 314 g/mol. The van der Waals surface area contributed by atoms with Crippen LogP contribution in [0.2, 0.25) is 0 Å². The topological polar surface area (TPSA) is 17.1 Å². The van der Waals surface area contributed by atoms with Crippen molar-refractivity contribution in [3.8, 4) is 0 Å². The van der Waals surface area contributed by atoms with Gasteiger partial charge in [0.1, 0.15) is 0 Å². The molecular weight excluding hydrogens is 280 g/mol. The largest absolute Gasteiger partial charge is 0.294 e. The van der Waals surface area contributed by atoms with Gasteiger partial charge in [-0.15, -0.1) is 0 Å². The van der Waals surface area contributed by atoms with Crippen LogP contribution in [0.1, 0.15) is 77.1 Å². The molecule has 0 bridgehead atoms. The van der Waals surface area contributed by atoms with Gasteiger partial charge in [0.25, 0.3) is 0 Å². The van der Waals surface area contributed by atoms with E-state index in [-0.39, 0.29) is 5.41 Å². The zero-order chi connectivity index (χ0) is 17.0. The quantitative estimate of drug-likeness (QED) is 0.556. The standard InChI is InChI=1S/C22H34O/c1-6-22(5,15-21(23)18-10-8-7-9-11-18)20-14-17(4)12-13-19(20)16(2)3/h7-11,16-17,19-20H,6,12-15H2,1-5H3. The molecule has 1 aromatic rings. The highest BCUT2D eigenvalue weighted by Gasteiger charge is 2.42. The van der Waals surface area contributed by atoms with E-state index in [9.17, 15) is 4.79 Å². The van der Waals surface area contributed by atoms with Crippen LogP contribution in [0.4, 0.5) is 0 Å². The zero-order valence-electron chi connectivity index (χ0n) is 15.6. The number of ketones is 1. The van der Waals surface area contributed by atoms with Crippen molar-refractivity contribution in [2.45, 2.75) is 66.7 Å². The second-order valence-electron chi connectivity index (χ2n) is 8.41. The van der Waals surface area contributed by atoms with Gasteiger partial charge in [-0.05, 0) is 41.9 Å². The van der Waals surface area contributed by atoms with Crippen LogP contribution in [-0.4, -0.2) is 5.78 Å². The van der Waals surface area contributed by atoms with E-state index in [1.54, 1.807) is 0 Å². The van der Waals surface area contributed by atoms with Crippen LogP contribution in [-0.2, 0) is 0 Å². The SMILES string of the molecule is CCC(C)(CC(=O)c1ccccc1)C1CC(C)CCC1C(C)C. The molecule has 0 amide bonds. The average Bonchev–Trinajstić information content (AvgIpc) is 2.55. The fourth-order valence-electron chi connectivity index (χ4n) is 4.61. The molecule has 0 radical (unpaired) electrons. The highest BCUT2D eigenvalue weighted by molar-refractivity contribution is 5.96. The Morgan fingerprint density at radius 3 is 2.43 bits per heavy atom. The molecule has 0 heterocycles. The molecule has 1 fully saturated rings. The lowest BCUT2D eigenvalue weighted by molar-refractivity contribution is 0.0224. The Bertz CT molecular complexity index is 504. The predicted molar refractivity (Wildman–Crippen MR) is 98.6 cm³/mol. The summed E-state index contributed by atoms with van der Waals surface area (Å²) in [5, 5.41) is 0. The molecule has 1 aromatic carbocycles. The molecule has 0 aliphatic heterocycles. The second-order valence-corrected chi connectivity index (χ2v) is 8.41. The summed E-state index contributed by atoms with van der Waals surface area (Å²) in [5.41, 5.74) is 0.994. The third-order valence-electron chi connectivity index (χ3n) is 6.39. The van der Waals surface area contributed by atoms with E-state index in [0.717, 1.165) is 23.8 Å². The van der Waals surface area contributed by atoms with Crippen molar-refractivity contribution < 1.29 is 4.79 Å². The first-order valence-electron chi connectivity index (χ1n) is 9.45. The van der Waals surface area contributed by atoms with Gasteiger partial charge in [-0.1, -0.05) is 77.8 Å². The molecule has 128 valence electrons. The predicted octanol–water partition coefficient (Wildman–Crippen LogP) is 6.38. The average molecular weight is 315 g/mol. The third-order valence-corrected chi connectivity index (χ3v) is 6.39. The van der Waals surface area contributed by atoms with E-state index in [2.05, 4.69) is 34.6 Å². The van der Waals surface area contributed by atoms with Gasteiger partial charge in [0.05, 0.1) is 0 Å². The van der Waals surface area contributed by atoms with Crippen molar-refractivity contribution in [1.82, 2.24) is 0 Å². The smallest absolute Gasteiger partial charge is 0.163 e. The Morgan fingerprint density at radius 2 is 1.87 bits per heavy atom. The van der Waals surface area contributed by atoms with E-state index in [1.807, 2.05) is 30.3 Å². The number of Topliss-reactive ketones (excluding diaryl/α,β-unsaturated/α-hetero) is 1. The summed E-state index contributed by atoms with van der Waals surface area (Å²) in [7, 11) is 0. The van der Waals surface area contributed by atoms with Gasteiger partial charge >= 0.3 is 0 Å². The molecule has 2 rings (SSSR count). The molecule has 23 heavy (non-hydrogen) atoms. The fraction of sp³-hybridized carbons (Fsp3) is 0.682. The maximum atomic E-state index is 12.8. The summed E-state index contributed by atoms with van der Waals surface area (Å²) in [4.78, 5) is 12.8. The Hall–Kier alpha value is -1.11. The first-order valence-corrected chi connectivity index (χ1v) is 9.45. The van der Waals surface area contributed by atoms with Crippen molar-refractivity contribution >= 4 is 5.78 Å². The minimum atomic E-state index is 0.122. The van der Waals surface area contributed by atoms with Gasteiger partial charge in [-0.25, -0.2) is 0 Å². The van der Waals surface area contributed by atoms with Crippen molar-refractivity contribution in [3.05, 3.63) is 35.9 Å². The van der Waals surface area contributed by atoms with E-state index >= 15 is 0 Å². The molecule has 0 spiro atoms. The maximum Gasteiger partial charge on any atom is 0.163 e. The molecule has 4 unspecified atom stereocenters. The van der Waals surface area contributed by atoms with E-state index in [0.29, 0.717) is 24.0 Å². The lowest BCUT2D eigenvalue weighted by atomic mass is 9.57. The number of hydrogen-bond acceptors (Lipinski definition) is 1. The van der Waals surface area contributed by atoms with Crippen molar-refractivity contribution in [2.75, 3.05) is 0 Å². The van der Waals surface area contributed by atoms with Crippen LogP contribution >= 0.6 is 0 Å². The van der Waals surface area contributed by atoms with Crippen LogP contribution < -0.4 is 0 Å². The lowest BCUT2D eigenvalue weighted by Gasteiger charge is -2.47. The minimum Gasteiger partial charge on any atom is -0.294 e. The Balaban J connectivity index is 2.21. The summed E-state index contributed by atoms with van der Waals surface area (Å²) in [5.74, 6) is 3.26. The van der Waals surface area contributed by atoms with Crippen molar-refractivity contribution in [2.24, 2.45) is 29.1 Å². The number of carbonyl (C=O) groups is 1. The van der Waals surface area contributed by atoms with Gasteiger partial charge in [0.2, 0.25) is 0 Å². The van der Waals surface area contributed by atoms with E-state index in [4.69, 9.17) is 0 Å². The lowest BCUT2D eigenvalue weighted by Crippen LogP contribution is -2.40. The molecule has 1 saturated carbocycles. The molecule has 0 saturated heterocycles. The summed E-state index contributed by atoms with van der Waals surface area (Å²) in [6.45, 7) is 11.8. The third kappa shape index (κ3) is 4.25. The summed E-state index contributed by atoms with van der Waals surface area (Å²) < 4.78 is 0. The Labute approximate surface area is 142 Å². The van der Waals surface area contributed by atoms with Gasteiger partial charge in [-0.2, -0.15) is 0 Å². The highest BCUT2D eigenvalue weighted by atomic mass is 16.1. The van der Waals surface area contributed by atoms with Gasteiger partial charge in [0, 0.05) is 12.0 Å². The first-order chi connectivity index (χ1) is 10.9. The fourth-order valence-corrected chi connectivity index (χ4v) is 4.61. The van der Waals surface area contributed by atoms with Crippen molar-refractivity contribution in [1.29, 1.82) is 0 Å². The number of rotatable bonds is 6. The van der Waals surface area contributed by atoms with Crippen LogP contribution in [0, 0.1) is 29.1 Å². The van der Waals surface area contributed by atoms with Crippen LogP contribution in [0.25, 0.3) is 0 Å².